The van der Waals surface area contributed by atoms with Gasteiger partial charge in [0.05, 0.1) is 13.0 Å². The smallest absolute Gasteiger partial charge is 0.333 e. The molecule has 90 valence electrons. The van der Waals surface area contributed by atoms with E-state index in [1.54, 1.807) is 6.92 Å². The third-order valence-electron chi connectivity index (χ3n) is 1.63. The van der Waals surface area contributed by atoms with E-state index in [2.05, 4.69) is 11.9 Å². The van der Waals surface area contributed by atoms with Gasteiger partial charge in [-0.3, -0.25) is 9.59 Å². The predicted octanol–water partition coefficient (Wildman–Crippen LogP) is 0.591. The Morgan fingerprint density at radius 1 is 1.25 bits per heavy atom. The molecule has 5 nitrogen and oxygen atoms in total. The van der Waals surface area contributed by atoms with Crippen LogP contribution in [0.25, 0.3) is 0 Å². The Bertz CT molecular complexity index is 296. The van der Waals surface area contributed by atoms with Crippen LogP contribution in [0, 0.1) is 0 Å². The van der Waals surface area contributed by atoms with E-state index >= 15 is 0 Å². The standard InChI is InChI=1S/C11H17NO4/c1-8(2)11(15)16-6-4-5-12-10(14)7-9(3)13/h1,4-7H2,2-3H3,(H,12,14). The lowest BCUT2D eigenvalue weighted by molar-refractivity contribution is -0.139. The Morgan fingerprint density at radius 3 is 2.38 bits per heavy atom. The minimum absolute atomic E-state index is 0.106. The summed E-state index contributed by atoms with van der Waals surface area (Å²) in [7, 11) is 0. The van der Waals surface area contributed by atoms with Gasteiger partial charge in [0.2, 0.25) is 5.91 Å². The van der Waals surface area contributed by atoms with E-state index in [-0.39, 0.29) is 24.7 Å². The zero-order valence-corrected chi connectivity index (χ0v) is 9.67. The fourth-order valence-electron chi connectivity index (χ4n) is 0.877. The fourth-order valence-corrected chi connectivity index (χ4v) is 0.877. The Morgan fingerprint density at radius 2 is 1.88 bits per heavy atom. The molecule has 0 rings (SSSR count). The van der Waals surface area contributed by atoms with Crippen LogP contribution in [0.4, 0.5) is 0 Å². The minimum atomic E-state index is -0.435. The number of hydrogen-bond donors (Lipinski definition) is 1. The number of rotatable bonds is 7. The summed E-state index contributed by atoms with van der Waals surface area (Å²) < 4.78 is 4.81. The van der Waals surface area contributed by atoms with Gasteiger partial charge in [-0.15, -0.1) is 0 Å². The van der Waals surface area contributed by atoms with Crippen LogP contribution < -0.4 is 5.32 Å². The summed E-state index contributed by atoms with van der Waals surface area (Å²) in [6.07, 6.45) is 0.411. The van der Waals surface area contributed by atoms with Crippen molar-refractivity contribution in [3.8, 4) is 0 Å². The zero-order valence-electron chi connectivity index (χ0n) is 9.67. The summed E-state index contributed by atoms with van der Waals surface area (Å²) >= 11 is 0. The molecule has 0 radical (unpaired) electrons. The van der Waals surface area contributed by atoms with Crippen LogP contribution >= 0.6 is 0 Å². The van der Waals surface area contributed by atoms with Gasteiger partial charge < -0.3 is 10.1 Å². The molecule has 0 aliphatic heterocycles. The summed E-state index contributed by atoms with van der Waals surface area (Å²) in [5.41, 5.74) is 0.348. The number of Topliss-reactive ketones (excluding diaryl/α,β-unsaturated/α-hetero) is 1. The number of amides is 1. The molecular formula is C11H17NO4. The third-order valence-corrected chi connectivity index (χ3v) is 1.63. The maximum absolute atomic E-state index is 11.0. The molecule has 0 saturated carbocycles. The van der Waals surface area contributed by atoms with Crippen molar-refractivity contribution in [3.05, 3.63) is 12.2 Å². The van der Waals surface area contributed by atoms with Crippen molar-refractivity contribution < 1.29 is 19.1 Å². The first-order chi connectivity index (χ1) is 7.43. The molecule has 0 aliphatic carbocycles. The van der Waals surface area contributed by atoms with Crippen molar-refractivity contribution in [2.24, 2.45) is 0 Å². The number of ether oxygens (including phenoxy) is 1. The quantitative estimate of drug-likeness (QED) is 0.299. The number of hydrogen-bond acceptors (Lipinski definition) is 4. The lowest BCUT2D eigenvalue weighted by Gasteiger charge is -2.05. The van der Waals surface area contributed by atoms with Gasteiger partial charge in [-0.2, -0.15) is 0 Å². The Kier molecular flexibility index (Phi) is 6.83. The average molecular weight is 227 g/mol. The van der Waals surface area contributed by atoms with Crippen molar-refractivity contribution in [1.29, 1.82) is 0 Å². The molecule has 5 heteroatoms. The second-order valence-electron chi connectivity index (χ2n) is 3.50. The van der Waals surface area contributed by atoms with E-state index in [1.165, 1.54) is 6.92 Å². The Hall–Kier alpha value is -1.65. The lowest BCUT2D eigenvalue weighted by atomic mass is 10.3. The number of carbonyl (C=O) groups is 3. The summed E-state index contributed by atoms with van der Waals surface area (Å²) in [5, 5.41) is 2.54. The molecule has 0 saturated heterocycles. The lowest BCUT2D eigenvalue weighted by Crippen LogP contribution is -2.26. The summed E-state index contributed by atoms with van der Waals surface area (Å²) in [6, 6.07) is 0. The van der Waals surface area contributed by atoms with Crippen molar-refractivity contribution >= 4 is 17.7 Å². The van der Waals surface area contributed by atoms with Gasteiger partial charge in [0.15, 0.2) is 0 Å². The largest absolute Gasteiger partial charge is 0.462 e. The Balaban J connectivity index is 3.47. The van der Waals surface area contributed by atoms with Crippen LogP contribution in [-0.2, 0) is 19.1 Å². The molecule has 0 bridgehead atoms. The van der Waals surface area contributed by atoms with Crippen molar-refractivity contribution in [2.45, 2.75) is 26.7 Å². The van der Waals surface area contributed by atoms with Crippen LogP contribution in [0.1, 0.15) is 26.7 Å². The second kappa shape index (κ2) is 7.62. The van der Waals surface area contributed by atoms with Gasteiger partial charge in [0.25, 0.3) is 0 Å². The molecule has 0 spiro atoms. The van der Waals surface area contributed by atoms with Gasteiger partial charge in [-0.1, -0.05) is 6.58 Å². The van der Waals surface area contributed by atoms with Crippen LogP contribution in [0.15, 0.2) is 12.2 Å². The van der Waals surface area contributed by atoms with E-state index in [0.29, 0.717) is 18.5 Å². The van der Waals surface area contributed by atoms with Crippen LogP contribution in [0.5, 0.6) is 0 Å². The first-order valence-corrected chi connectivity index (χ1v) is 5.02. The van der Waals surface area contributed by atoms with Crippen LogP contribution in [0.3, 0.4) is 0 Å². The molecule has 0 heterocycles. The van der Waals surface area contributed by atoms with Crippen LogP contribution in [0.2, 0.25) is 0 Å². The molecule has 16 heavy (non-hydrogen) atoms. The number of ketones is 1. The first-order valence-electron chi connectivity index (χ1n) is 5.02. The second-order valence-corrected chi connectivity index (χ2v) is 3.50. The van der Waals surface area contributed by atoms with Gasteiger partial charge >= 0.3 is 5.97 Å². The van der Waals surface area contributed by atoms with E-state index in [0.717, 1.165) is 0 Å². The predicted molar refractivity (Wildman–Crippen MR) is 58.7 cm³/mol. The van der Waals surface area contributed by atoms with E-state index in [4.69, 9.17) is 4.74 Å². The van der Waals surface area contributed by atoms with Gasteiger partial charge in [0, 0.05) is 12.1 Å². The molecule has 0 aliphatic rings. The molecular weight excluding hydrogens is 210 g/mol. The zero-order chi connectivity index (χ0) is 12.6. The van der Waals surface area contributed by atoms with Gasteiger partial charge in [-0.25, -0.2) is 4.79 Å². The summed E-state index contributed by atoms with van der Waals surface area (Å²) in [4.78, 5) is 32.5. The van der Waals surface area contributed by atoms with E-state index in [9.17, 15) is 14.4 Å². The maximum Gasteiger partial charge on any atom is 0.333 e. The SMILES string of the molecule is C=C(C)C(=O)OCCCNC(=O)CC(C)=O. The number of carbonyl (C=O) groups excluding carboxylic acids is 3. The monoisotopic (exact) mass is 227 g/mol. The normalized spacial score (nSPS) is 9.38. The highest BCUT2D eigenvalue weighted by atomic mass is 16.5. The molecule has 0 aromatic carbocycles. The highest BCUT2D eigenvalue weighted by Gasteiger charge is 2.04. The van der Waals surface area contributed by atoms with Crippen molar-refractivity contribution in [1.82, 2.24) is 5.32 Å². The van der Waals surface area contributed by atoms with E-state index in [1.807, 2.05) is 0 Å². The highest BCUT2D eigenvalue weighted by molar-refractivity contribution is 5.96. The molecule has 0 aromatic heterocycles. The Labute approximate surface area is 94.8 Å². The number of esters is 1. The summed E-state index contributed by atoms with van der Waals surface area (Å²) in [5.74, 6) is -0.917. The number of nitrogens with one attached hydrogen (secondary N) is 1. The highest BCUT2D eigenvalue weighted by Crippen LogP contribution is 1.92. The molecule has 0 atom stereocenters. The third kappa shape index (κ3) is 7.73. The van der Waals surface area contributed by atoms with Crippen molar-refractivity contribution in [2.75, 3.05) is 13.2 Å². The molecule has 0 fully saturated rings. The van der Waals surface area contributed by atoms with Gasteiger partial charge in [0.1, 0.15) is 5.78 Å². The summed E-state index contributed by atoms with van der Waals surface area (Å²) in [6.45, 7) is 6.97. The molecule has 1 amide bonds. The first kappa shape index (κ1) is 14.3. The van der Waals surface area contributed by atoms with Crippen LogP contribution in [-0.4, -0.2) is 30.8 Å². The minimum Gasteiger partial charge on any atom is -0.462 e. The van der Waals surface area contributed by atoms with Crippen molar-refractivity contribution in [3.63, 3.8) is 0 Å². The van der Waals surface area contributed by atoms with E-state index < -0.39 is 5.97 Å². The fraction of sp³-hybridized carbons (Fsp3) is 0.545. The molecule has 0 unspecified atom stereocenters. The topological polar surface area (TPSA) is 72.5 Å². The van der Waals surface area contributed by atoms with Gasteiger partial charge in [-0.05, 0) is 20.3 Å². The average Bonchev–Trinajstić information content (AvgIpc) is 2.15. The molecule has 1 N–H and O–H groups in total. The molecule has 0 aromatic rings. The maximum atomic E-state index is 11.0.